The minimum Gasteiger partial charge on any atom is -0.369 e. The van der Waals surface area contributed by atoms with E-state index in [1.807, 2.05) is 0 Å². The lowest BCUT2D eigenvalue weighted by atomic mass is 10.2. The smallest absolute Gasteiger partial charge is 0.238 e. The Bertz CT molecular complexity index is 1130. The van der Waals surface area contributed by atoms with Crippen molar-refractivity contribution in [3.8, 4) is 0 Å². The van der Waals surface area contributed by atoms with Gasteiger partial charge in [-0.3, -0.25) is 0 Å². The normalized spacial score (nSPS) is 15.8. The fourth-order valence-electron chi connectivity index (χ4n) is 4.57. The molecule has 13 heteroatoms. The third-order valence-corrected chi connectivity index (χ3v) is 8.02. The van der Waals surface area contributed by atoms with Crippen LogP contribution in [0.3, 0.4) is 0 Å². The first-order valence-corrected chi connectivity index (χ1v) is 15.2. The lowest BCUT2D eigenvalue weighted by molar-refractivity contribution is 0.351. The molecule has 208 valence electrons. The minimum absolute atomic E-state index is 0.0956. The predicted octanol–water partition coefficient (Wildman–Crippen LogP) is 1.33. The molecule has 1 aromatic heterocycles. The average molecular weight is 562 g/mol. The van der Waals surface area contributed by atoms with Crippen LogP contribution in [0.1, 0.15) is 31.2 Å². The molecule has 2 aromatic rings. The van der Waals surface area contributed by atoms with Crippen molar-refractivity contribution < 1.29 is 8.42 Å². The summed E-state index contributed by atoms with van der Waals surface area (Å²) in [6, 6.07) is 8.51. The van der Waals surface area contributed by atoms with E-state index < -0.39 is 10.0 Å². The van der Waals surface area contributed by atoms with E-state index in [1.165, 1.54) is 37.8 Å². The number of sulfonamides is 1. The molecule has 11 nitrogen and oxygen atoms in total. The van der Waals surface area contributed by atoms with Gasteiger partial charge in [0.25, 0.3) is 0 Å². The Morgan fingerprint density at radius 3 is 2.26 bits per heavy atom. The van der Waals surface area contributed by atoms with Crippen molar-refractivity contribution in [1.29, 1.82) is 0 Å². The van der Waals surface area contributed by atoms with Crippen LogP contribution >= 0.6 is 12.2 Å². The number of benzene rings is 1. The molecule has 3 heterocycles. The van der Waals surface area contributed by atoms with Gasteiger partial charge >= 0.3 is 0 Å². The van der Waals surface area contributed by atoms with Gasteiger partial charge in [-0.2, -0.15) is 9.97 Å². The molecular formula is C25H39N9O2S2. The maximum absolute atomic E-state index is 11.4. The number of hydrogen-bond acceptors (Lipinski definition) is 9. The molecule has 0 amide bonds. The number of nitrogens with zero attached hydrogens (tertiary/aromatic N) is 5. The van der Waals surface area contributed by atoms with E-state index in [0.29, 0.717) is 18.2 Å². The maximum atomic E-state index is 11.4. The molecule has 4 rings (SSSR count). The molecular weight excluding hydrogens is 522 g/mol. The minimum atomic E-state index is -3.68. The van der Waals surface area contributed by atoms with Gasteiger partial charge in [-0.15, -0.1) is 0 Å². The first-order chi connectivity index (χ1) is 18.3. The van der Waals surface area contributed by atoms with Gasteiger partial charge in [-0.25, -0.2) is 13.6 Å². The molecule has 0 spiro atoms. The number of nitrogens with one attached hydrogen (secondary N) is 3. The summed E-state index contributed by atoms with van der Waals surface area (Å²) in [6.45, 7) is 7.85. The summed E-state index contributed by atoms with van der Waals surface area (Å²) in [7, 11) is -1.60. The Kier molecular flexibility index (Phi) is 9.94. The lowest BCUT2D eigenvalue weighted by Gasteiger charge is -2.22. The Hall–Kier alpha value is -2.74. The van der Waals surface area contributed by atoms with Crippen molar-refractivity contribution in [3.63, 3.8) is 0 Å². The fourth-order valence-corrected chi connectivity index (χ4v) is 5.26. The van der Waals surface area contributed by atoms with Crippen molar-refractivity contribution in [2.45, 2.75) is 37.1 Å². The van der Waals surface area contributed by atoms with Gasteiger partial charge < -0.3 is 30.7 Å². The van der Waals surface area contributed by atoms with Crippen molar-refractivity contribution in [2.24, 2.45) is 5.14 Å². The zero-order valence-corrected chi connectivity index (χ0v) is 23.7. The maximum Gasteiger partial charge on any atom is 0.238 e. The molecule has 0 unspecified atom stereocenters. The fraction of sp³-hybridized carbons (Fsp3) is 0.560. The van der Waals surface area contributed by atoms with E-state index in [4.69, 9.17) is 27.3 Å². The van der Waals surface area contributed by atoms with Crippen molar-refractivity contribution in [1.82, 2.24) is 25.5 Å². The van der Waals surface area contributed by atoms with Crippen LogP contribution in [0.15, 0.2) is 35.2 Å². The second-order valence-corrected chi connectivity index (χ2v) is 11.8. The molecule has 1 aromatic carbocycles. The predicted molar refractivity (Wildman–Crippen MR) is 156 cm³/mol. The summed E-state index contributed by atoms with van der Waals surface area (Å²) >= 11 is 5.37. The number of likely N-dealkylation sites (N-methyl/N-ethyl adjacent to an activating group) is 1. The number of aromatic nitrogens is 2. The molecule has 2 aliphatic heterocycles. The highest BCUT2D eigenvalue weighted by Gasteiger charge is 2.20. The van der Waals surface area contributed by atoms with E-state index in [9.17, 15) is 8.42 Å². The standard InChI is InChI=1S/C25H39N9O2S2/c1-32(17-11-28-25(37)29-19-20-6-8-21(9-7-20)38(26,35)36)16-10-27-22-18-23(33-12-2-3-13-33)31-24(30-22)34-14-4-5-15-34/h6-9,18H,2-5,10-17,19H2,1H3,(H2,26,35,36)(H,27,30,31)(H2,28,29,37). The van der Waals surface area contributed by atoms with E-state index in [2.05, 4.69) is 43.8 Å². The second-order valence-electron chi connectivity index (χ2n) is 9.83. The van der Waals surface area contributed by atoms with Gasteiger partial charge in [-0.05, 0) is 62.6 Å². The SMILES string of the molecule is CN(CCNC(=S)NCc1ccc(S(N)(=O)=O)cc1)CCNc1cc(N2CCCC2)nc(N2CCCC2)n1. The van der Waals surface area contributed by atoms with Crippen LogP contribution in [-0.4, -0.2) is 87.8 Å². The van der Waals surface area contributed by atoms with Crippen molar-refractivity contribution in [2.75, 3.05) is 74.5 Å². The Balaban J connectivity index is 1.17. The monoisotopic (exact) mass is 561 g/mol. The number of primary sulfonamides is 1. The van der Waals surface area contributed by atoms with Gasteiger partial charge in [0.1, 0.15) is 11.6 Å². The molecule has 0 atom stereocenters. The molecule has 2 fully saturated rings. The van der Waals surface area contributed by atoms with Crippen LogP contribution in [0, 0.1) is 0 Å². The van der Waals surface area contributed by atoms with E-state index in [-0.39, 0.29) is 4.90 Å². The summed E-state index contributed by atoms with van der Waals surface area (Å²) in [5.74, 6) is 2.76. The van der Waals surface area contributed by atoms with E-state index in [0.717, 1.165) is 69.0 Å². The first kappa shape index (κ1) is 28.3. The highest BCUT2D eigenvalue weighted by Crippen LogP contribution is 2.25. The number of thiocarbonyl (C=S) groups is 1. The van der Waals surface area contributed by atoms with Crippen LogP contribution < -0.4 is 30.9 Å². The molecule has 0 radical (unpaired) electrons. The number of hydrogen-bond donors (Lipinski definition) is 4. The molecule has 38 heavy (non-hydrogen) atoms. The molecule has 0 saturated carbocycles. The summed E-state index contributed by atoms with van der Waals surface area (Å²) < 4.78 is 22.7. The third kappa shape index (κ3) is 8.38. The van der Waals surface area contributed by atoms with Gasteiger partial charge in [0.15, 0.2) is 5.11 Å². The lowest BCUT2D eigenvalue weighted by Crippen LogP contribution is -2.39. The van der Waals surface area contributed by atoms with Crippen LogP contribution in [0.5, 0.6) is 0 Å². The molecule has 0 aliphatic carbocycles. The quantitative estimate of drug-likeness (QED) is 0.280. The average Bonchev–Trinajstić information content (AvgIpc) is 3.62. The number of rotatable bonds is 12. The molecule has 2 saturated heterocycles. The summed E-state index contributed by atoms with van der Waals surface area (Å²) in [5, 5.41) is 15.5. The van der Waals surface area contributed by atoms with Crippen molar-refractivity contribution >= 4 is 44.9 Å². The summed E-state index contributed by atoms with van der Waals surface area (Å²) in [5.41, 5.74) is 0.912. The van der Waals surface area contributed by atoms with E-state index >= 15 is 0 Å². The molecule has 5 N–H and O–H groups in total. The van der Waals surface area contributed by atoms with Gasteiger partial charge in [0.2, 0.25) is 16.0 Å². The third-order valence-electron chi connectivity index (χ3n) is 6.80. The Labute approximate surface area is 231 Å². The Morgan fingerprint density at radius 1 is 0.974 bits per heavy atom. The van der Waals surface area contributed by atoms with Crippen molar-refractivity contribution in [3.05, 3.63) is 35.9 Å². The van der Waals surface area contributed by atoms with Crippen LogP contribution in [-0.2, 0) is 16.6 Å². The topological polar surface area (TPSA) is 132 Å². The number of nitrogens with two attached hydrogens (primary N) is 1. The van der Waals surface area contributed by atoms with Gasteiger partial charge in [0.05, 0.1) is 4.90 Å². The zero-order valence-electron chi connectivity index (χ0n) is 22.0. The van der Waals surface area contributed by atoms with Crippen LogP contribution in [0.4, 0.5) is 17.6 Å². The Morgan fingerprint density at radius 2 is 1.61 bits per heavy atom. The zero-order chi connectivity index (χ0) is 27.0. The second kappa shape index (κ2) is 13.4. The van der Waals surface area contributed by atoms with Crippen LogP contribution in [0.2, 0.25) is 0 Å². The highest BCUT2D eigenvalue weighted by atomic mass is 32.2. The van der Waals surface area contributed by atoms with Gasteiger partial charge in [-0.1, -0.05) is 12.1 Å². The van der Waals surface area contributed by atoms with Gasteiger partial charge in [0, 0.05) is 65.0 Å². The van der Waals surface area contributed by atoms with Crippen LogP contribution in [0.25, 0.3) is 0 Å². The summed E-state index contributed by atoms with van der Waals surface area (Å²) in [4.78, 5) is 16.7. The first-order valence-electron chi connectivity index (χ1n) is 13.2. The molecule has 2 aliphatic rings. The number of anilines is 3. The molecule has 0 bridgehead atoms. The van der Waals surface area contributed by atoms with E-state index in [1.54, 1.807) is 12.1 Å². The summed E-state index contributed by atoms with van der Waals surface area (Å²) in [6.07, 6.45) is 4.84. The highest BCUT2D eigenvalue weighted by molar-refractivity contribution is 7.89. The largest absolute Gasteiger partial charge is 0.369 e.